The lowest BCUT2D eigenvalue weighted by atomic mass is 9.90. The van der Waals surface area contributed by atoms with Crippen molar-refractivity contribution in [3.63, 3.8) is 0 Å². The molecular weight excluding hydrogens is 295 g/mol. The van der Waals surface area contributed by atoms with E-state index in [1.54, 1.807) is 12.1 Å². The Morgan fingerprint density at radius 3 is 2.78 bits per heavy atom. The van der Waals surface area contributed by atoms with E-state index in [0.29, 0.717) is 6.04 Å². The number of piperidine rings is 1. The number of rotatable bonds is 2. The highest BCUT2D eigenvalue weighted by molar-refractivity contribution is 9.10. The third kappa shape index (κ3) is 2.33. The van der Waals surface area contributed by atoms with Gasteiger partial charge in [-0.2, -0.15) is 0 Å². The van der Waals surface area contributed by atoms with Crippen LogP contribution in [0.25, 0.3) is 0 Å². The molecule has 98 valence electrons. The summed E-state index contributed by atoms with van der Waals surface area (Å²) >= 11 is 3.54. The first kappa shape index (κ1) is 12.6. The molecule has 1 saturated carbocycles. The monoisotopic (exact) mass is 312 g/mol. The molecule has 1 aliphatic carbocycles. The van der Waals surface area contributed by atoms with E-state index in [1.807, 2.05) is 0 Å². The van der Waals surface area contributed by atoms with Crippen LogP contribution in [0.5, 0.6) is 0 Å². The van der Waals surface area contributed by atoms with E-state index in [0.717, 1.165) is 29.4 Å². The van der Waals surface area contributed by atoms with E-state index in [4.69, 9.17) is 5.73 Å². The van der Waals surface area contributed by atoms with Crippen LogP contribution in [-0.2, 0) is 0 Å². The number of halogens is 2. The highest BCUT2D eigenvalue weighted by atomic mass is 79.9. The number of hydrogen-bond donors (Lipinski definition) is 1. The average molecular weight is 313 g/mol. The van der Waals surface area contributed by atoms with Gasteiger partial charge in [0.1, 0.15) is 5.82 Å². The Morgan fingerprint density at radius 2 is 2.06 bits per heavy atom. The number of likely N-dealkylation sites (tertiary alicyclic amines) is 1. The first-order valence-electron chi connectivity index (χ1n) is 6.63. The van der Waals surface area contributed by atoms with Crippen LogP contribution in [0.2, 0.25) is 0 Å². The highest BCUT2D eigenvalue weighted by Gasteiger charge is 2.39. The molecule has 0 spiro atoms. The second-order valence-corrected chi connectivity index (χ2v) is 6.24. The number of hydrogen-bond acceptors (Lipinski definition) is 2. The van der Waals surface area contributed by atoms with Crippen LogP contribution in [0.1, 0.15) is 37.3 Å². The third-order valence-electron chi connectivity index (χ3n) is 4.01. The Balaban J connectivity index is 1.97. The van der Waals surface area contributed by atoms with E-state index < -0.39 is 0 Å². The molecule has 0 radical (unpaired) electrons. The Bertz CT molecular complexity index is 447. The fourth-order valence-electron chi connectivity index (χ4n) is 3.02. The Hall–Kier alpha value is -0.450. The summed E-state index contributed by atoms with van der Waals surface area (Å²) in [7, 11) is 0. The van der Waals surface area contributed by atoms with Crippen LogP contribution in [0.15, 0.2) is 22.7 Å². The molecule has 1 aromatic rings. The van der Waals surface area contributed by atoms with Gasteiger partial charge in [0.2, 0.25) is 0 Å². The van der Waals surface area contributed by atoms with Gasteiger partial charge < -0.3 is 5.73 Å². The Kier molecular flexibility index (Phi) is 3.43. The van der Waals surface area contributed by atoms with Crippen molar-refractivity contribution < 1.29 is 4.39 Å². The second-order valence-electron chi connectivity index (χ2n) is 5.39. The Morgan fingerprint density at radius 1 is 1.28 bits per heavy atom. The lowest BCUT2D eigenvalue weighted by Gasteiger charge is -2.40. The van der Waals surface area contributed by atoms with Gasteiger partial charge in [-0.05, 0) is 56.0 Å². The predicted molar refractivity (Wildman–Crippen MR) is 73.8 cm³/mol. The van der Waals surface area contributed by atoms with Crippen LogP contribution in [0.4, 0.5) is 4.39 Å². The van der Waals surface area contributed by atoms with Gasteiger partial charge in [0.25, 0.3) is 0 Å². The molecule has 1 saturated heterocycles. The van der Waals surface area contributed by atoms with Crippen molar-refractivity contribution in [2.45, 2.75) is 43.8 Å². The summed E-state index contributed by atoms with van der Waals surface area (Å²) in [6.45, 7) is 1.09. The number of nitrogens with zero attached hydrogens (tertiary/aromatic N) is 1. The molecule has 1 aliphatic heterocycles. The molecular formula is C14H18BrFN2. The molecule has 2 fully saturated rings. The maximum atomic E-state index is 13.5. The van der Waals surface area contributed by atoms with Crippen LogP contribution in [0, 0.1) is 5.82 Å². The zero-order valence-electron chi connectivity index (χ0n) is 10.3. The van der Waals surface area contributed by atoms with Crippen molar-refractivity contribution in [1.29, 1.82) is 0 Å². The van der Waals surface area contributed by atoms with Gasteiger partial charge in [-0.25, -0.2) is 4.39 Å². The van der Waals surface area contributed by atoms with Crippen LogP contribution in [0.3, 0.4) is 0 Å². The molecule has 1 aromatic carbocycles. The van der Waals surface area contributed by atoms with Gasteiger partial charge in [0.15, 0.2) is 0 Å². The molecule has 3 rings (SSSR count). The minimum atomic E-state index is -0.179. The van der Waals surface area contributed by atoms with Crippen molar-refractivity contribution in [2.75, 3.05) is 6.54 Å². The maximum absolute atomic E-state index is 13.5. The summed E-state index contributed by atoms with van der Waals surface area (Å²) in [5.74, 6) is -0.179. The molecule has 0 bridgehead atoms. The van der Waals surface area contributed by atoms with Crippen LogP contribution in [-0.4, -0.2) is 23.5 Å². The summed E-state index contributed by atoms with van der Waals surface area (Å²) < 4.78 is 14.5. The van der Waals surface area contributed by atoms with Crippen molar-refractivity contribution in [3.05, 3.63) is 34.1 Å². The largest absolute Gasteiger partial charge is 0.326 e. The number of benzene rings is 1. The zero-order chi connectivity index (χ0) is 12.7. The van der Waals surface area contributed by atoms with Crippen molar-refractivity contribution in [1.82, 2.24) is 4.90 Å². The van der Waals surface area contributed by atoms with E-state index >= 15 is 0 Å². The molecule has 2 N–H and O–H groups in total. The standard InChI is InChI=1S/C14H18BrFN2/c15-12-6-3-9(16)8-11(12)14-13(17)2-1-7-18(14)10-4-5-10/h3,6,8,10,13-14H,1-2,4-5,7,17H2. The summed E-state index contributed by atoms with van der Waals surface area (Å²) in [5.41, 5.74) is 7.31. The lowest BCUT2D eigenvalue weighted by molar-refractivity contribution is 0.119. The third-order valence-corrected chi connectivity index (χ3v) is 4.73. The van der Waals surface area contributed by atoms with Gasteiger partial charge in [-0.15, -0.1) is 0 Å². The van der Waals surface area contributed by atoms with Crippen LogP contribution >= 0.6 is 15.9 Å². The summed E-state index contributed by atoms with van der Waals surface area (Å²) in [4.78, 5) is 2.48. The fourth-order valence-corrected chi connectivity index (χ4v) is 3.50. The smallest absolute Gasteiger partial charge is 0.123 e. The topological polar surface area (TPSA) is 29.3 Å². The molecule has 1 heterocycles. The normalized spacial score (nSPS) is 29.5. The summed E-state index contributed by atoms with van der Waals surface area (Å²) in [6, 6.07) is 5.85. The maximum Gasteiger partial charge on any atom is 0.123 e. The average Bonchev–Trinajstić information content (AvgIpc) is 3.16. The minimum Gasteiger partial charge on any atom is -0.326 e. The van der Waals surface area contributed by atoms with Gasteiger partial charge in [-0.3, -0.25) is 4.90 Å². The molecule has 2 atom stereocenters. The number of nitrogens with two attached hydrogens (primary N) is 1. The van der Waals surface area contributed by atoms with E-state index in [9.17, 15) is 4.39 Å². The first-order valence-corrected chi connectivity index (χ1v) is 7.42. The van der Waals surface area contributed by atoms with Crippen molar-refractivity contribution in [3.8, 4) is 0 Å². The van der Waals surface area contributed by atoms with Gasteiger partial charge >= 0.3 is 0 Å². The molecule has 0 aromatic heterocycles. The zero-order valence-corrected chi connectivity index (χ0v) is 11.9. The fraction of sp³-hybridized carbons (Fsp3) is 0.571. The van der Waals surface area contributed by atoms with E-state index in [2.05, 4.69) is 20.8 Å². The second kappa shape index (κ2) is 4.91. The summed E-state index contributed by atoms with van der Waals surface area (Å²) in [6.07, 6.45) is 4.70. The van der Waals surface area contributed by atoms with Gasteiger partial charge in [0.05, 0.1) is 6.04 Å². The molecule has 2 unspecified atom stereocenters. The van der Waals surface area contributed by atoms with Crippen LogP contribution < -0.4 is 5.73 Å². The van der Waals surface area contributed by atoms with E-state index in [1.165, 1.54) is 18.9 Å². The first-order chi connectivity index (χ1) is 8.66. The predicted octanol–water partition coefficient (Wildman–Crippen LogP) is 3.21. The SMILES string of the molecule is NC1CCCN(C2CC2)C1c1cc(F)ccc1Br. The van der Waals surface area contributed by atoms with Crippen molar-refractivity contribution >= 4 is 15.9 Å². The van der Waals surface area contributed by atoms with E-state index in [-0.39, 0.29) is 17.9 Å². The van der Waals surface area contributed by atoms with Gasteiger partial charge in [0, 0.05) is 16.6 Å². The minimum absolute atomic E-state index is 0.109. The molecule has 4 heteroatoms. The molecule has 2 nitrogen and oxygen atoms in total. The Labute approximate surface area is 115 Å². The summed E-state index contributed by atoms with van der Waals surface area (Å²) in [5, 5.41) is 0. The van der Waals surface area contributed by atoms with Gasteiger partial charge in [-0.1, -0.05) is 15.9 Å². The molecule has 2 aliphatic rings. The van der Waals surface area contributed by atoms with Crippen molar-refractivity contribution in [2.24, 2.45) is 5.73 Å². The quantitative estimate of drug-likeness (QED) is 0.908. The lowest BCUT2D eigenvalue weighted by Crippen LogP contribution is -2.47. The molecule has 0 amide bonds. The molecule has 18 heavy (non-hydrogen) atoms. The highest BCUT2D eigenvalue weighted by Crippen LogP contribution is 2.41.